The molecule has 2 aliphatic rings. The number of nitrogens with zero attached hydrogens (tertiary/aromatic N) is 2. The van der Waals surface area contributed by atoms with Gasteiger partial charge in [0.2, 0.25) is 0 Å². The molecule has 16 heavy (non-hydrogen) atoms. The molecule has 0 aromatic rings. The Kier molecular flexibility index (Phi) is 3.48. The second kappa shape index (κ2) is 4.70. The van der Waals surface area contributed by atoms with Crippen molar-refractivity contribution in [1.29, 1.82) is 5.26 Å². The molecule has 0 amide bonds. The molecule has 2 fully saturated rings. The van der Waals surface area contributed by atoms with Crippen molar-refractivity contribution in [3.8, 4) is 6.07 Å². The molecule has 4 heteroatoms. The fraction of sp³-hybridized carbons (Fsp3) is 0.917. The number of hydrogen-bond donors (Lipinski definition) is 1. The van der Waals surface area contributed by atoms with E-state index in [-0.39, 0.29) is 5.54 Å². The highest BCUT2D eigenvalue weighted by Crippen LogP contribution is 2.36. The monoisotopic (exact) mass is 223 g/mol. The molecule has 2 atom stereocenters. The molecule has 90 valence electrons. The summed E-state index contributed by atoms with van der Waals surface area (Å²) in [7, 11) is 1.69. The van der Waals surface area contributed by atoms with E-state index in [1.807, 2.05) is 0 Å². The minimum Gasteiger partial charge on any atom is -0.383 e. The van der Waals surface area contributed by atoms with Gasteiger partial charge in [-0.25, -0.2) is 0 Å². The average molecular weight is 223 g/mol. The van der Waals surface area contributed by atoms with E-state index >= 15 is 0 Å². The fourth-order valence-corrected chi connectivity index (χ4v) is 2.69. The zero-order valence-corrected chi connectivity index (χ0v) is 10.2. The van der Waals surface area contributed by atoms with E-state index in [4.69, 9.17) is 4.74 Å². The van der Waals surface area contributed by atoms with Crippen molar-refractivity contribution in [2.45, 2.75) is 43.8 Å². The van der Waals surface area contributed by atoms with Crippen LogP contribution in [0.5, 0.6) is 0 Å². The predicted molar refractivity (Wildman–Crippen MR) is 62.0 cm³/mol. The Bertz CT molecular complexity index is 284. The van der Waals surface area contributed by atoms with Crippen molar-refractivity contribution in [2.24, 2.45) is 0 Å². The van der Waals surface area contributed by atoms with Crippen LogP contribution < -0.4 is 5.32 Å². The maximum atomic E-state index is 9.37. The summed E-state index contributed by atoms with van der Waals surface area (Å²) >= 11 is 0. The zero-order chi connectivity index (χ0) is 11.6. The Morgan fingerprint density at radius 2 is 2.31 bits per heavy atom. The lowest BCUT2D eigenvalue weighted by atomic mass is 9.98. The van der Waals surface area contributed by atoms with Gasteiger partial charge < -0.3 is 4.74 Å². The van der Waals surface area contributed by atoms with Crippen LogP contribution in [0.25, 0.3) is 0 Å². The number of ether oxygens (including phenoxy) is 1. The third-order valence-corrected chi connectivity index (χ3v) is 3.66. The molecule has 2 unspecified atom stereocenters. The number of rotatable bonds is 5. The molecule has 1 aliphatic heterocycles. The highest BCUT2D eigenvalue weighted by atomic mass is 16.5. The molecular formula is C12H21N3O. The summed E-state index contributed by atoms with van der Waals surface area (Å²) in [6.45, 7) is 4.53. The van der Waals surface area contributed by atoms with Gasteiger partial charge in [0.25, 0.3) is 0 Å². The first-order valence-electron chi connectivity index (χ1n) is 6.12. The number of hydrogen-bond acceptors (Lipinski definition) is 4. The average Bonchev–Trinajstić information content (AvgIpc) is 3.05. The SMILES string of the molecule is COCCNC1(C#N)CC(C)N(C2CC2)C1. The molecule has 1 aliphatic carbocycles. The first kappa shape index (κ1) is 11.8. The Balaban J connectivity index is 1.92. The van der Waals surface area contributed by atoms with Gasteiger partial charge in [0, 0.05) is 32.3 Å². The maximum Gasteiger partial charge on any atom is 0.121 e. The second-order valence-corrected chi connectivity index (χ2v) is 5.07. The topological polar surface area (TPSA) is 48.3 Å². The summed E-state index contributed by atoms with van der Waals surface area (Å²) < 4.78 is 5.02. The Hall–Kier alpha value is -0.630. The van der Waals surface area contributed by atoms with E-state index in [1.165, 1.54) is 12.8 Å². The van der Waals surface area contributed by atoms with Gasteiger partial charge in [0.1, 0.15) is 5.54 Å². The summed E-state index contributed by atoms with van der Waals surface area (Å²) in [5.41, 5.74) is -0.347. The van der Waals surface area contributed by atoms with Gasteiger partial charge in [-0.2, -0.15) is 5.26 Å². The fourth-order valence-electron chi connectivity index (χ4n) is 2.69. The van der Waals surface area contributed by atoms with E-state index in [0.29, 0.717) is 12.6 Å². The van der Waals surface area contributed by atoms with Crippen molar-refractivity contribution in [3.63, 3.8) is 0 Å². The summed E-state index contributed by atoms with van der Waals surface area (Å²) in [6, 6.07) is 3.75. The molecular weight excluding hydrogens is 202 g/mol. The van der Waals surface area contributed by atoms with Crippen LogP contribution in [0.15, 0.2) is 0 Å². The minimum absolute atomic E-state index is 0.347. The number of nitrogens with one attached hydrogen (secondary N) is 1. The largest absolute Gasteiger partial charge is 0.383 e. The Morgan fingerprint density at radius 1 is 1.56 bits per heavy atom. The number of likely N-dealkylation sites (tertiary alicyclic amines) is 1. The Labute approximate surface area is 97.6 Å². The van der Waals surface area contributed by atoms with Gasteiger partial charge >= 0.3 is 0 Å². The first-order chi connectivity index (χ1) is 7.71. The standard InChI is InChI=1S/C12H21N3O/c1-10-7-12(8-13,14-5-6-16-2)9-15(10)11-3-4-11/h10-11,14H,3-7,9H2,1-2H3. The first-order valence-corrected chi connectivity index (χ1v) is 6.12. The van der Waals surface area contributed by atoms with Crippen LogP contribution in [-0.4, -0.2) is 49.3 Å². The quantitative estimate of drug-likeness (QED) is 0.698. The smallest absolute Gasteiger partial charge is 0.121 e. The van der Waals surface area contributed by atoms with Gasteiger partial charge in [-0.3, -0.25) is 10.2 Å². The van der Waals surface area contributed by atoms with E-state index in [9.17, 15) is 5.26 Å². The van der Waals surface area contributed by atoms with Crippen molar-refractivity contribution < 1.29 is 4.74 Å². The maximum absolute atomic E-state index is 9.37. The van der Waals surface area contributed by atoms with Crippen LogP contribution in [0.2, 0.25) is 0 Å². The molecule has 4 nitrogen and oxygen atoms in total. The zero-order valence-electron chi connectivity index (χ0n) is 10.2. The molecule has 0 aromatic carbocycles. The van der Waals surface area contributed by atoms with Crippen molar-refractivity contribution in [3.05, 3.63) is 0 Å². The van der Waals surface area contributed by atoms with Gasteiger partial charge in [0.05, 0.1) is 12.7 Å². The van der Waals surface area contributed by atoms with Crippen LogP contribution >= 0.6 is 0 Å². The van der Waals surface area contributed by atoms with E-state index in [0.717, 1.165) is 25.6 Å². The molecule has 1 heterocycles. The van der Waals surface area contributed by atoms with E-state index in [2.05, 4.69) is 23.2 Å². The van der Waals surface area contributed by atoms with Gasteiger partial charge in [-0.1, -0.05) is 0 Å². The summed E-state index contributed by atoms with van der Waals surface area (Å²) in [6.07, 6.45) is 3.55. The number of nitriles is 1. The molecule has 0 radical (unpaired) electrons. The van der Waals surface area contributed by atoms with Crippen molar-refractivity contribution >= 4 is 0 Å². The van der Waals surface area contributed by atoms with Gasteiger partial charge in [0.15, 0.2) is 0 Å². The number of methoxy groups -OCH3 is 1. The molecule has 0 aromatic heterocycles. The van der Waals surface area contributed by atoms with Crippen LogP contribution in [-0.2, 0) is 4.74 Å². The van der Waals surface area contributed by atoms with Crippen LogP contribution in [0.4, 0.5) is 0 Å². The van der Waals surface area contributed by atoms with Gasteiger partial charge in [-0.15, -0.1) is 0 Å². The third kappa shape index (κ3) is 2.37. The third-order valence-electron chi connectivity index (χ3n) is 3.66. The van der Waals surface area contributed by atoms with Crippen LogP contribution in [0, 0.1) is 11.3 Å². The molecule has 2 rings (SSSR count). The molecule has 0 bridgehead atoms. The molecule has 1 N–H and O–H groups in total. The highest BCUT2D eigenvalue weighted by molar-refractivity contribution is 5.16. The van der Waals surface area contributed by atoms with E-state index < -0.39 is 0 Å². The minimum atomic E-state index is -0.347. The van der Waals surface area contributed by atoms with Crippen molar-refractivity contribution in [2.75, 3.05) is 26.8 Å². The normalized spacial score (nSPS) is 35.2. The molecule has 0 spiro atoms. The van der Waals surface area contributed by atoms with E-state index in [1.54, 1.807) is 7.11 Å². The summed E-state index contributed by atoms with van der Waals surface area (Å²) in [5.74, 6) is 0. The molecule has 1 saturated carbocycles. The lowest BCUT2D eigenvalue weighted by Crippen LogP contribution is -2.47. The molecule has 1 saturated heterocycles. The Morgan fingerprint density at radius 3 is 2.88 bits per heavy atom. The van der Waals surface area contributed by atoms with Gasteiger partial charge in [-0.05, 0) is 26.2 Å². The van der Waals surface area contributed by atoms with Crippen LogP contribution in [0.3, 0.4) is 0 Å². The second-order valence-electron chi connectivity index (χ2n) is 5.07. The lowest BCUT2D eigenvalue weighted by molar-refractivity contribution is 0.189. The van der Waals surface area contributed by atoms with Crippen LogP contribution in [0.1, 0.15) is 26.2 Å². The van der Waals surface area contributed by atoms with Crippen molar-refractivity contribution in [1.82, 2.24) is 10.2 Å². The predicted octanol–water partition coefficient (Wildman–Crippen LogP) is 0.741. The lowest BCUT2D eigenvalue weighted by Gasteiger charge is -2.23. The summed E-state index contributed by atoms with van der Waals surface area (Å²) in [5, 5.41) is 12.7. The summed E-state index contributed by atoms with van der Waals surface area (Å²) in [4.78, 5) is 2.49. The highest BCUT2D eigenvalue weighted by Gasteiger charge is 2.47.